The van der Waals surface area contributed by atoms with Crippen LogP contribution in [-0.4, -0.2) is 28.6 Å². The van der Waals surface area contributed by atoms with Crippen molar-refractivity contribution in [3.05, 3.63) is 24.3 Å². The molecule has 2 rings (SSSR count). The molecule has 0 atom stereocenters. The third-order valence-electron chi connectivity index (χ3n) is 3.44. The summed E-state index contributed by atoms with van der Waals surface area (Å²) in [7, 11) is 0. The van der Waals surface area contributed by atoms with E-state index in [4.69, 9.17) is 5.11 Å². The molecule has 1 aliphatic carbocycles. The molecule has 19 heavy (non-hydrogen) atoms. The molecule has 0 aliphatic heterocycles. The van der Waals surface area contributed by atoms with Crippen LogP contribution in [0.5, 0.6) is 5.75 Å². The molecule has 0 radical (unpaired) electrons. The van der Waals surface area contributed by atoms with E-state index in [1.54, 1.807) is 12.1 Å². The molecule has 5 nitrogen and oxygen atoms in total. The number of hydrogen-bond donors (Lipinski definition) is 2. The smallest absolute Gasteiger partial charge is 0.323 e. The quantitative estimate of drug-likeness (QED) is 0.851. The lowest BCUT2D eigenvalue weighted by atomic mass is 9.82. The number of amides is 1. The third kappa shape index (κ3) is 3.47. The highest BCUT2D eigenvalue weighted by Gasteiger charge is 2.25. The van der Waals surface area contributed by atoms with Crippen molar-refractivity contribution in [2.75, 3.05) is 11.4 Å². The number of benzene rings is 1. The maximum atomic E-state index is 12.2. The molecule has 0 aromatic heterocycles. The van der Waals surface area contributed by atoms with Crippen LogP contribution < -0.4 is 4.90 Å². The molecule has 1 aromatic rings. The highest BCUT2D eigenvalue weighted by Crippen LogP contribution is 2.30. The number of carbonyl (C=O) groups excluding carboxylic acids is 1. The van der Waals surface area contributed by atoms with Crippen molar-refractivity contribution in [1.82, 2.24) is 0 Å². The Hall–Kier alpha value is -2.04. The monoisotopic (exact) mass is 263 g/mol. The summed E-state index contributed by atoms with van der Waals surface area (Å²) in [6.07, 6.45) is 3.63. The Morgan fingerprint density at radius 1 is 1.21 bits per heavy atom. The Kier molecular flexibility index (Phi) is 4.04. The van der Waals surface area contributed by atoms with E-state index in [1.807, 2.05) is 0 Å². The number of phenols is 1. The van der Waals surface area contributed by atoms with Crippen molar-refractivity contribution >= 4 is 17.6 Å². The predicted molar refractivity (Wildman–Crippen MR) is 70.1 cm³/mol. The predicted octanol–water partition coefficient (Wildman–Crippen LogP) is 2.00. The average Bonchev–Trinajstić information content (AvgIpc) is 2.31. The van der Waals surface area contributed by atoms with E-state index in [2.05, 4.69) is 0 Å². The minimum absolute atomic E-state index is 0.0884. The molecule has 0 saturated heterocycles. The van der Waals surface area contributed by atoms with Gasteiger partial charge in [0.2, 0.25) is 5.91 Å². The topological polar surface area (TPSA) is 77.8 Å². The number of phenolic OH excluding ortho intramolecular Hbond substituents is 1. The molecule has 0 heterocycles. The molecule has 0 unspecified atom stereocenters. The molecular formula is C14H17NO4. The normalized spacial score (nSPS) is 14.7. The Bertz CT molecular complexity index is 465. The number of nitrogens with zero attached hydrogens (tertiary/aromatic N) is 1. The summed E-state index contributed by atoms with van der Waals surface area (Å²) < 4.78 is 0. The van der Waals surface area contributed by atoms with Crippen LogP contribution in [0, 0.1) is 5.92 Å². The lowest BCUT2D eigenvalue weighted by Gasteiger charge is -2.28. The van der Waals surface area contributed by atoms with Crippen LogP contribution >= 0.6 is 0 Å². The molecular weight excluding hydrogens is 246 g/mol. The van der Waals surface area contributed by atoms with Crippen molar-refractivity contribution in [3.8, 4) is 5.75 Å². The van der Waals surface area contributed by atoms with Crippen molar-refractivity contribution in [1.29, 1.82) is 0 Å². The van der Waals surface area contributed by atoms with E-state index in [0.29, 0.717) is 18.0 Å². The Morgan fingerprint density at radius 3 is 2.32 bits per heavy atom. The molecule has 1 aromatic carbocycles. The van der Waals surface area contributed by atoms with Gasteiger partial charge in [-0.15, -0.1) is 0 Å². The van der Waals surface area contributed by atoms with Crippen LogP contribution in [-0.2, 0) is 9.59 Å². The number of anilines is 1. The zero-order valence-electron chi connectivity index (χ0n) is 10.6. The molecule has 1 aliphatic rings. The van der Waals surface area contributed by atoms with Crippen LogP contribution in [0.3, 0.4) is 0 Å². The van der Waals surface area contributed by atoms with Gasteiger partial charge in [0.15, 0.2) is 0 Å². The largest absolute Gasteiger partial charge is 0.508 e. The van der Waals surface area contributed by atoms with Gasteiger partial charge in [-0.1, -0.05) is 6.42 Å². The summed E-state index contributed by atoms with van der Waals surface area (Å²) >= 11 is 0. The number of carbonyl (C=O) groups is 2. The van der Waals surface area contributed by atoms with E-state index in [1.165, 1.54) is 17.0 Å². The average molecular weight is 263 g/mol. The third-order valence-corrected chi connectivity index (χ3v) is 3.44. The molecule has 2 N–H and O–H groups in total. The molecule has 1 amide bonds. The molecule has 102 valence electrons. The SMILES string of the molecule is O=C(O)CN(C(=O)CC1CCC1)c1ccc(O)cc1. The van der Waals surface area contributed by atoms with E-state index in [-0.39, 0.29) is 18.2 Å². The fraction of sp³-hybridized carbons (Fsp3) is 0.429. The second-order valence-electron chi connectivity index (χ2n) is 4.89. The van der Waals surface area contributed by atoms with Crippen LogP contribution in [0.15, 0.2) is 24.3 Å². The number of carboxylic acid groups (broad SMARTS) is 1. The first kappa shape index (κ1) is 13.4. The summed E-state index contributed by atoms with van der Waals surface area (Å²) in [5, 5.41) is 18.1. The maximum Gasteiger partial charge on any atom is 0.323 e. The molecule has 1 fully saturated rings. The number of rotatable bonds is 5. The molecule has 1 saturated carbocycles. The van der Waals surface area contributed by atoms with Gasteiger partial charge in [0.1, 0.15) is 12.3 Å². The maximum absolute atomic E-state index is 12.2. The van der Waals surface area contributed by atoms with E-state index in [0.717, 1.165) is 19.3 Å². The fourth-order valence-corrected chi connectivity index (χ4v) is 2.15. The number of hydrogen-bond acceptors (Lipinski definition) is 3. The first-order valence-corrected chi connectivity index (χ1v) is 6.37. The highest BCUT2D eigenvalue weighted by atomic mass is 16.4. The van der Waals surface area contributed by atoms with Gasteiger partial charge in [0, 0.05) is 12.1 Å². The standard InChI is InChI=1S/C14H17NO4/c16-12-6-4-11(5-7-12)15(9-14(18)19)13(17)8-10-2-1-3-10/h4-7,10,16H,1-3,8-9H2,(H,18,19). The number of carboxylic acids is 1. The van der Waals surface area contributed by atoms with Crippen LogP contribution in [0.25, 0.3) is 0 Å². The minimum atomic E-state index is -1.05. The van der Waals surface area contributed by atoms with E-state index >= 15 is 0 Å². The van der Waals surface area contributed by atoms with Gasteiger partial charge in [-0.2, -0.15) is 0 Å². The highest BCUT2D eigenvalue weighted by molar-refractivity contribution is 5.97. The van der Waals surface area contributed by atoms with Crippen LogP contribution in [0.2, 0.25) is 0 Å². The summed E-state index contributed by atoms with van der Waals surface area (Å²) in [6, 6.07) is 6.00. The van der Waals surface area contributed by atoms with Crippen molar-refractivity contribution in [2.24, 2.45) is 5.92 Å². The van der Waals surface area contributed by atoms with E-state index < -0.39 is 5.97 Å². The lowest BCUT2D eigenvalue weighted by Crippen LogP contribution is -2.37. The Morgan fingerprint density at radius 2 is 1.84 bits per heavy atom. The second kappa shape index (κ2) is 5.73. The first-order valence-electron chi connectivity index (χ1n) is 6.37. The molecule has 5 heteroatoms. The summed E-state index contributed by atoms with van der Waals surface area (Å²) in [6.45, 7) is -0.351. The second-order valence-corrected chi connectivity index (χ2v) is 4.89. The Balaban J connectivity index is 2.11. The van der Waals surface area contributed by atoms with E-state index in [9.17, 15) is 14.7 Å². The van der Waals surface area contributed by atoms with Crippen LogP contribution in [0.1, 0.15) is 25.7 Å². The Labute approximate surface area is 111 Å². The first-order chi connectivity index (χ1) is 9.06. The van der Waals surface area contributed by atoms with Gasteiger partial charge >= 0.3 is 5.97 Å². The van der Waals surface area contributed by atoms with Crippen LogP contribution in [0.4, 0.5) is 5.69 Å². The zero-order valence-corrected chi connectivity index (χ0v) is 10.6. The van der Waals surface area contributed by atoms with Gasteiger partial charge in [0.25, 0.3) is 0 Å². The molecule has 0 spiro atoms. The minimum Gasteiger partial charge on any atom is -0.508 e. The lowest BCUT2D eigenvalue weighted by molar-refractivity contribution is -0.136. The van der Waals surface area contributed by atoms with Gasteiger partial charge in [0.05, 0.1) is 0 Å². The van der Waals surface area contributed by atoms with Crippen molar-refractivity contribution < 1.29 is 19.8 Å². The number of aromatic hydroxyl groups is 1. The van der Waals surface area contributed by atoms with Gasteiger partial charge in [-0.3, -0.25) is 9.59 Å². The van der Waals surface area contributed by atoms with Gasteiger partial charge < -0.3 is 15.1 Å². The van der Waals surface area contributed by atoms with Gasteiger partial charge in [-0.25, -0.2) is 0 Å². The summed E-state index contributed by atoms with van der Waals surface area (Å²) in [5.74, 6) is -0.737. The zero-order chi connectivity index (χ0) is 13.8. The fourth-order valence-electron chi connectivity index (χ4n) is 2.15. The van der Waals surface area contributed by atoms with Crippen molar-refractivity contribution in [3.63, 3.8) is 0 Å². The summed E-state index contributed by atoms with van der Waals surface area (Å²) in [4.78, 5) is 24.3. The molecule has 0 bridgehead atoms. The van der Waals surface area contributed by atoms with Gasteiger partial charge in [-0.05, 0) is 43.0 Å². The summed E-state index contributed by atoms with van der Waals surface area (Å²) in [5.41, 5.74) is 0.504. The number of aliphatic carboxylic acids is 1. The van der Waals surface area contributed by atoms with Crippen molar-refractivity contribution in [2.45, 2.75) is 25.7 Å².